The Labute approximate surface area is 332 Å². The predicted octanol–water partition coefficient (Wildman–Crippen LogP) is 6.72. The lowest BCUT2D eigenvalue weighted by Crippen LogP contribution is -2.56. The quantitative estimate of drug-likeness (QED) is 0.0617. The maximum atomic E-state index is 14.5. The molecule has 57 heavy (non-hydrogen) atoms. The summed E-state index contributed by atoms with van der Waals surface area (Å²) in [6, 6.07) is 25.0. The first-order valence-corrected chi connectivity index (χ1v) is 19.3. The summed E-state index contributed by atoms with van der Waals surface area (Å²) in [5.74, 6) is 0.0713. The Balaban J connectivity index is 1.31. The van der Waals surface area contributed by atoms with Crippen LogP contribution in [0, 0.1) is 0 Å². The topological polar surface area (TPSA) is 157 Å². The van der Waals surface area contributed by atoms with Crippen molar-refractivity contribution in [2.45, 2.75) is 68.7 Å². The number of hydrogen-bond donors (Lipinski definition) is 1. The first-order chi connectivity index (χ1) is 27.8. The number of aryl methyl sites for hydroxylation is 1. The highest BCUT2D eigenvalue weighted by atomic mass is 16.6. The van der Waals surface area contributed by atoms with Crippen LogP contribution < -0.4 is 15.4 Å². The predicted molar refractivity (Wildman–Crippen MR) is 215 cm³/mol. The maximum absolute atomic E-state index is 14.5. The van der Waals surface area contributed by atoms with Crippen molar-refractivity contribution in [2.24, 2.45) is 5.73 Å². The van der Waals surface area contributed by atoms with E-state index in [1.165, 1.54) is 12.0 Å². The number of esters is 1. The van der Waals surface area contributed by atoms with Crippen LogP contribution in [0.25, 0.3) is 10.8 Å². The molecule has 0 fully saturated rings. The minimum absolute atomic E-state index is 0.0346. The molecule has 0 saturated carbocycles. The third kappa shape index (κ3) is 9.58. The minimum Gasteiger partial charge on any atom is -0.491 e. The van der Waals surface area contributed by atoms with E-state index in [-0.39, 0.29) is 45.5 Å². The minimum atomic E-state index is -1.46. The molecule has 0 spiro atoms. The van der Waals surface area contributed by atoms with Gasteiger partial charge in [-0.05, 0) is 66.3 Å². The zero-order valence-electron chi connectivity index (χ0n) is 32.2. The summed E-state index contributed by atoms with van der Waals surface area (Å²) in [6.45, 7) is 1.18. The molecule has 3 aromatic carbocycles. The zero-order valence-corrected chi connectivity index (χ0v) is 32.2. The largest absolute Gasteiger partial charge is 0.491 e. The van der Waals surface area contributed by atoms with Gasteiger partial charge in [0.15, 0.2) is 6.29 Å². The van der Waals surface area contributed by atoms with E-state index in [1.54, 1.807) is 6.20 Å². The van der Waals surface area contributed by atoms with E-state index in [0.29, 0.717) is 31.1 Å². The number of hydrogen-bond acceptors (Lipinski definition) is 10. The second kappa shape index (κ2) is 19.3. The molecule has 0 saturated heterocycles. The maximum Gasteiger partial charge on any atom is 0.416 e. The van der Waals surface area contributed by atoms with Crippen LogP contribution in [0.4, 0.5) is 10.6 Å². The van der Waals surface area contributed by atoms with Gasteiger partial charge in [-0.3, -0.25) is 14.5 Å². The molecule has 0 bridgehead atoms. The lowest BCUT2D eigenvalue weighted by Gasteiger charge is -2.50. The number of primary amides is 1. The van der Waals surface area contributed by atoms with Gasteiger partial charge in [-0.15, -0.1) is 0 Å². The van der Waals surface area contributed by atoms with Gasteiger partial charge >= 0.3 is 12.1 Å². The first kappa shape index (κ1) is 40.8. The number of ether oxygens (including phenoxy) is 5. The summed E-state index contributed by atoms with van der Waals surface area (Å²) < 4.78 is 29.6. The Morgan fingerprint density at radius 1 is 0.947 bits per heavy atom. The molecule has 0 radical (unpaired) electrons. The molecule has 12 nitrogen and oxygen atoms in total. The standard InChI is InChI=1S/C45H49N3O9/c1-53-41(51)21-25-45(24-20-40(46)50,57-43(52)48-27-11-15-34-14-10-26-47-42(34)48)44(22-8-3-9-23-44)38-18-19-39(37-17-7-6-16-36(37)38)55-29-28-54-32-35(30-49)56-31-33-12-4-2-5-13-33/h2-10,12-14,16-19,22,26,30,35H,11,15,20-21,23-25,27-29,31-32H2,1H3,(H2,46,50). The third-order valence-corrected chi connectivity index (χ3v) is 10.7. The van der Waals surface area contributed by atoms with Crippen LogP contribution in [0.2, 0.25) is 0 Å². The first-order valence-electron chi connectivity index (χ1n) is 19.3. The third-order valence-electron chi connectivity index (χ3n) is 10.7. The fourth-order valence-electron chi connectivity index (χ4n) is 7.80. The molecule has 3 unspecified atom stereocenters. The highest BCUT2D eigenvalue weighted by molar-refractivity contribution is 5.93. The normalized spacial score (nSPS) is 17.6. The lowest BCUT2D eigenvalue weighted by molar-refractivity contribution is -0.143. The van der Waals surface area contributed by atoms with Gasteiger partial charge in [0.2, 0.25) is 5.91 Å². The van der Waals surface area contributed by atoms with Crippen LogP contribution >= 0.6 is 0 Å². The van der Waals surface area contributed by atoms with E-state index < -0.39 is 35.1 Å². The number of methoxy groups -OCH3 is 1. The number of benzene rings is 3. The molecule has 2 heterocycles. The Bertz CT molecular complexity index is 2090. The molecule has 12 heteroatoms. The van der Waals surface area contributed by atoms with E-state index in [2.05, 4.69) is 4.98 Å². The van der Waals surface area contributed by atoms with Crippen LogP contribution in [0.1, 0.15) is 55.2 Å². The van der Waals surface area contributed by atoms with Gasteiger partial charge in [0.05, 0.1) is 32.3 Å². The number of aldehydes is 1. The molecule has 1 aliphatic heterocycles. The number of nitrogens with zero attached hydrogens (tertiary/aromatic N) is 2. The number of allylic oxidation sites excluding steroid dienone is 3. The number of fused-ring (bicyclic) bond motifs is 2. The fourth-order valence-corrected chi connectivity index (χ4v) is 7.80. The lowest BCUT2D eigenvalue weighted by atomic mass is 9.59. The van der Waals surface area contributed by atoms with Gasteiger partial charge in [0, 0.05) is 31.0 Å². The molecule has 3 atom stereocenters. The average molecular weight is 776 g/mol. The summed E-state index contributed by atoms with van der Waals surface area (Å²) in [5, 5.41) is 1.63. The van der Waals surface area contributed by atoms with E-state index >= 15 is 0 Å². The van der Waals surface area contributed by atoms with Crippen LogP contribution in [0.3, 0.4) is 0 Å². The van der Waals surface area contributed by atoms with Crippen molar-refractivity contribution in [1.29, 1.82) is 0 Å². The van der Waals surface area contributed by atoms with Crippen LogP contribution in [0.15, 0.2) is 109 Å². The van der Waals surface area contributed by atoms with Crippen LogP contribution in [-0.4, -0.2) is 74.4 Å². The Kier molecular flexibility index (Phi) is 13.8. The van der Waals surface area contributed by atoms with Gasteiger partial charge in [-0.25, -0.2) is 9.78 Å². The fraction of sp³-hybridized carbons (Fsp3) is 0.356. The van der Waals surface area contributed by atoms with Gasteiger partial charge < -0.3 is 34.2 Å². The molecular weight excluding hydrogens is 727 g/mol. The molecule has 6 rings (SSSR count). The Hall–Kier alpha value is -5.85. The van der Waals surface area contributed by atoms with Crippen molar-refractivity contribution in [2.75, 3.05) is 38.4 Å². The number of nitrogens with two attached hydrogens (primary N) is 1. The van der Waals surface area contributed by atoms with Crippen molar-refractivity contribution in [1.82, 2.24) is 4.98 Å². The Morgan fingerprint density at radius 2 is 1.74 bits per heavy atom. The molecule has 4 aromatic rings. The van der Waals surface area contributed by atoms with E-state index in [0.717, 1.165) is 46.6 Å². The van der Waals surface area contributed by atoms with Crippen molar-refractivity contribution < 1.29 is 42.9 Å². The summed E-state index contributed by atoms with van der Waals surface area (Å²) in [5.41, 5.74) is 5.96. The Morgan fingerprint density at radius 3 is 2.49 bits per heavy atom. The number of carbonyl (C=O) groups is 4. The molecule has 1 aliphatic carbocycles. The highest BCUT2D eigenvalue weighted by Crippen LogP contribution is 2.52. The number of rotatable bonds is 19. The highest BCUT2D eigenvalue weighted by Gasteiger charge is 2.55. The van der Waals surface area contributed by atoms with E-state index in [9.17, 15) is 19.2 Å². The van der Waals surface area contributed by atoms with E-state index in [1.807, 2.05) is 103 Å². The molecule has 298 valence electrons. The number of anilines is 1. The summed E-state index contributed by atoms with van der Waals surface area (Å²) in [4.78, 5) is 57.7. The second-order valence-corrected chi connectivity index (χ2v) is 14.2. The monoisotopic (exact) mass is 775 g/mol. The zero-order chi connectivity index (χ0) is 40.1. The van der Waals surface area contributed by atoms with Gasteiger partial charge in [0.25, 0.3) is 0 Å². The number of amides is 2. The van der Waals surface area contributed by atoms with Crippen molar-refractivity contribution >= 4 is 40.8 Å². The molecule has 2 aliphatic rings. The molecule has 2 N–H and O–H groups in total. The molecular formula is C45H49N3O9. The smallest absolute Gasteiger partial charge is 0.416 e. The summed E-state index contributed by atoms with van der Waals surface area (Å²) in [7, 11) is 1.31. The van der Waals surface area contributed by atoms with Crippen molar-refractivity contribution in [3.8, 4) is 5.75 Å². The SMILES string of the molecule is COC(=O)CCC(CCC(N)=O)(OC(=O)N1CCCc2cccnc21)C1(c2ccc(OCCOCC(C=O)OCc3ccccc3)c3ccccc23)C=CC=CC1. The second-order valence-electron chi connectivity index (χ2n) is 14.2. The van der Waals surface area contributed by atoms with Crippen molar-refractivity contribution in [3.05, 3.63) is 126 Å². The van der Waals surface area contributed by atoms with Gasteiger partial charge in [0.1, 0.15) is 29.9 Å². The van der Waals surface area contributed by atoms with E-state index in [4.69, 9.17) is 29.4 Å². The summed E-state index contributed by atoms with van der Waals surface area (Å²) >= 11 is 0. The van der Waals surface area contributed by atoms with Crippen LogP contribution in [-0.2, 0) is 51.8 Å². The van der Waals surface area contributed by atoms with Gasteiger partial charge in [-0.2, -0.15) is 0 Å². The number of aromatic nitrogens is 1. The number of carbonyl (C=O) groups excluding carboxylic acids is 4. The van der Waals surface area contributed by atoms with Crippen LogP contribution in [0.5, 0.6) is 5.75 Å². The van der Waals surface area contributed by atoms with Gasteiger partial charge in [-0.1, -0.05) is 91.0 Å². The summed E-state index contributed by atoms with van der Waals surface area (Å²) in [6.07, 6.45) is 10.6. The van der Waals surface area contributed by atoms with Crippen molar-refractivity contribution in [3.63, 3.8) is 0 Å². The molecule has 2 amide bonds. The molecule has 1 aromatic heterocycles. The average Bonchev–Trinajstić information content (AvgIpc) is 3.25. The number of pyridine rings is 1.